The molecule has 1 amide bonds. The molecule has 0 aromatic carbocycles. The van der Waals surface area contributed by atoms with E-state index in [-0.39, 0.29) is 12.1 Å². The number of amides is 1. The molecule has 0 spiro atoms. The first-order valence-electron chi connectivity index (χ1n) is 7.15. The van der Waals surface area contributed by atoms with E-state index in [1.165, 1.54) is 0 Å². The van der Waals surface area contributed by atoms with Crippen molar-refractivity contribution in [3.8, 4) is 0 Å². The molecule has 0 aliphatic carbocycles. The van der Waals surface area contributed by atoms with Crippen LogP contribution in [0.25, 0.3) is 11.1 Å². The fourth-order valence-corrected chi connectivity index (χ4v) is 2.44. The minimum absolute atomic E-state index is 0.233. The predicted octanol–water partition coefficient (Wildman–Crippen LogP) is 2.26. The summed E-state index contributed by atoms with van der Waals surface area (Å²) in [6.07, 6.45) is 4.79. The van der Waals surface area contributed by atoms with Crippen LogP contribution in [0.1, 0.15) is 19.8 Å². The maximum Gasteiger partial charge on any atom is 0.409 e. The fraction of sp³-hybridized carbons (Fsp3) is 0.500. The van der Waals surface area contributed by atoms with Crippen LogP contribution in [0.4, 0.5) is 10.8 Å². The van der Waals surface area contributed by atoms with E-state index < -0.39 is 0 Å². The van der Waals surface area contributed by atoms with Gasteiger partial charge in [0.1, 0.15) is 5.52 Å². The van der Waals surface area contributed by atoms with Crippen LogP contribution in [0, 0.1) is 0 Å². The Morgan fingerprint density at radius 1 is 1.52 bits per heavy atom. The van der Waals surface area contributed by atoms with Crippen LogP contribution in [-0.4, -0.2) is 46.7 Å². The molecule has 3 rings (SSSR count). The molecule has 0 atom stereocenters. The number of nitrogens with zero attached hydrogens (tertiary/aromatic N) is 3. The highest BCUT2D eigenvalue weighted by atomic mass is 16.6. The summed E-state index contributed by atoms with van der Waals surface area (Å²) in [6, 6.07) is 2.57. The Balaban J connectivity index is 1.56. The fourth-order valence-electron chi connectivity index (χ4n) is 2.44. The van der Waals surface area contributed by atoms with Crippen molar-refractivity contribution < 1.29 is 13.9 Å². The number of aromatic nitrogens is 2. The minimum atomic E-state index is -0.233. The molecule has 21 heavy (non-hydrogen) atoms. The van der Waals surface area contributed by atoms with Crippen molar-refractivity contribution in [1.29, 1.82) is 0 Å². The number of hydrogen-bond donors (Lipinski definition) is 1. The van der Waals surface area contributed by atoms with Crippen LogP contribution >= 0.6 is 0 Å². The monoisotopic (exact) mass is 290 g/mol. The number of ether oxygens (including phenoxy) is 1. The Bertz CT molecular complexity index is 586. The van der Waals surface area contributed by atoms with Gasteiger partial charge in [-0.3, -0.25) is 4.98 Å². The summed E-state index contributed by atoms with van der Waals surface area (Å²) in [4.78, 5) is 21.7. The topological polar surface area (TPSA) is 80.5 Å². The summed E-state index contributed by atoms with van der Waals surface area (Å²) in [6.45, 7) is 3.58. The third kappa shape index (κ3) is 3.07. The number of likely N-dealkylation sites (tertiary alicyclic amines) is 1. The highest BCUT2D eigenvalue weighted by molar-refractivity contribution is 5.72. The Morgan fingerprint density at radius 2 is 2.33 bits per heavy atom. The number of rotatable bonds is 3. The van der Waals surface area contributed by atoms with Crippen LogP contribution in [-0.2, 0) is 4.74 Å². The maximum absolute atomic E-state index is 11.6. The second kappa shape index (κ2) is 5.99. The first-order valence-corrected chi connectivity index (χ1v) is 7.15. The van der Waals surface area contributed by atoms with Gasteiger partial charge >= 0.3 is 6.09 Å². The van der Waals surface area contributed by atoms with Crippen molar-refractivity contribution in [1.82, 2.24) is 14.9 Å². The zero-order chi connectivity index (χ0) is 14.7. The predicted molar refractivity (Wildman–Crippen MR) is 77.0 cm³/mol. The van der Waals surface area contributed by atoms with Gasteiger partial charge in [0.15, 0.2) is 5.58 Å². The average molecular weight is 290 g/mol. The normalized spacial score (nSPS) is 16.1. The van der Waals surface area contributed by atoms with Crippen molar-refractivity contribution in [3.05, 3.63) is 18.5 Å². The molecule has 0 radical (unpaired) electrons. The summed E-state index contributed by atoms with van der Waals surface area (Å²) >= 11 is 0. The molecule has 3 heterocycles. The smallest absolute Gasteiger partial charge is 0.409 e. The lowest BCUT2D eigenvalue weighted by molar-refractivity contribution is 0.0982. The minimum Gasteiger partial charge on any atom is -0.450 e. The van der Waals surface area contributed by atoms with Crippen LogP contribution in [0.15, 0.2) is 22.9 Å². The van der Waals surface area contributed by atoms with E-state index in [4.69, 9.17) is 9.15 Å². The van der Waals surface area contributed by atoms with E-state index in [0.717, 1.165) is 18.4 Å². The summed E-state index contributed by atoms with van der Waals surface area (Å²) in [5.74, 6) is 0. The van der Waals surface area contributed by atoms with Gasteiger partial charge in [-0.05, 0) is 25.8 Å². The van der Waals surface area contributed by atoms with Crippen molar-refractivity contribution in [2.75, 3.05) is 25.0 Å². The van der Waals surface area contributed by atoms with Crippen molar-refractivity contribution in [3.63, 3.8) is 0 Å². The highest BCUT2D eigenvalue weighted by Gasteiger charge is 2.24. The number of piperidine rings is 1. The number of pyridine rings is 1. The SMILES string of the molecule is CCOC(=O)N1CCC(Nc2nc3ccncc3o2)CC1. The molecule has 7 heteroatoms. The number of oxazole rings is 1. The molecule has 1 aliphatic heterocycles. The van der Waals surface area contributed by atoms with Crippen molar-refractivity contribution >= 4 is 23.2 Å². The van der Waals surface area contributed by atoms with Crippen molar-refractivity contribution in [2.45, 2.75) is 25.8 Å². The summed E-state index contributed by atoms with van der Waals surface area (Å²) in [5.41, 5.74) is 1.46. The van der Waals surface area contributed by atoms with E-state index in [1.54, 1.807) is 17.3 Å². The van der Waals surface area contributed by atoms with Gasteiger partial charge in [-0.1, -0.05) is 0 Å². The molecule has 1 fully saturated rings. The molecule has 1 N–H and O–H groups in total. The zero-order valence-corrected chi connectivity index (χ0v) is 11.9. The molecule has 2 aromatic rings. The number of carbonyl (C=O) groups excluding carboxylic acids is 1. The van der Waals surface area contributed by atoms with Gasteiger partial charge in [-0.15, -0.1) is 0 Å². The molecule has 2 aromatic heterocycles. The molecule has 7 nitrogen and oxygen atoms in total. The molecular formula is C14H18N4O3. The van der Waals surface area contributed by atoms with Gasteiger partial charge in [0.05, 0.1) is 12.8 Å². The van der Waals surface area contributed by atoms with E-state index in [2.05, 4.69) is 15.3 Å². The molecular weight excluding hydrogens is 272 g/mol. The van der Waals surface area contributed by atoms with Gasteiger partial charge in [-0.2, -0.15) is 4.98 Å². The number of carbonyl (C=O) groups is 1. The third-order valence-corrected chi connectivity index (χ3v) is 3.54. The largest absolute Gasteiger partial charge is 0.450 e. The maximum atomic E-state index is 11.6. The van der Waals surface area contributed by atoms with Gasteiger partial charge < -0.3 is 19.4 Å². The molecule has 112 valence electrons. The number of hydrogen-bond acceptors (Lipinski definition) is 6. The lowest BCUT2D eigenvalue weighted by atomic mass is 10.1. The second-order valence-corrected chi connectivity index (χ2v) is 4.97. The van der Waals surface area contributed by atoms with Crippen molar-refractivity contribution in [2.24, 2.45) is 0 Å². The third-order valence-electron chi connectivity index (χ3n) is 3.54. The first kappa shape index (κ1) is 13.7. The average Bonchev–Trinajstić information content (AvgIpc) is 2.90. The highest BCUT2D eigenvalue weighted by Crippen LogP contribution is 2.20. The Morgan fingerprint density at radius 3 is 3.05 bits per heavy atom. The number of nitrogens with one attached hydrogen (secondary N) is 1. The lowest BCUT2D eigenvalue weighted by Gasteiger charge is -2.31. The Hall–Kier alpha value is -2.31. The number of fused-ring (bicyclic) bond motifs is 1. The number of anilines is 1. The molecule has 0 bridgehead atoms. The molecule has 1 aliphatic rings. The standard InChI is InChI=1S/C14H18N4O3/c1-2-20-14(19)18-7-4-10(5-8-18)16-13-17-11-3-6-15-9-12(11)21-13/h3,6,9-10H,2,4-5,7-8H2,1H3,(H,16,17). The first-order chi connectivity index (χ1) is 10.3. The van der Waals surface area contributed by atoms with Gasteiger partial charge in [-0.25, -0.2) is 4.79 Å². The lowest BCUT2D eigenvalue weighted by Crippen LogP contribution is -2.42. The van der Waals surface area contributed by atoms with E-state index >= 15 is 0 Å². The van der Waals surface area contributed by atoms with E-state index in [0.29, 0.717) is 31.3 Å². The summed E-state index contributed by atoms with van der Waals surface area (Å²) in [5, 5.41) is 3.28. The van der Waals surface area contributed by atoms with E-state index in [9.17, 15) is 4.79 Å². The van der Waals surface area contributed by atoms with Crippen LogP contribution in [0.3, 0.4) is 0 Å². The Kier molecular flexibility index (Phi) is 3.89. The van der Waals surface area contributed by atoms with E-state index in [1.807, 2.05) is 13.0 Å². The van der Waals surface area contributed by atoms with Crippen LogP contribution in [0.5, 0.6) is 0 Å². The molecule has 0 saturated carbocycles. The second-order valence-electron chi connectivity index (χ2n) is 4.97. The zero-order valence-electron chi connectivity index (χ0n) is 11.9. The van der Waals surface area contributed by atoms with Crippen LogP contribution < -0.4 is 5.32 Å². The van der Waals surface area contributed by atoms with Gasteiger partial charge in [0.25, 0.3) is 6.01 Å². The van der Waals surface area contributed by atoms with Gasteiger partial charge in [0.2, 0.25) is 0 Å². The van der Waals surface area contributed by atoms with Gasteiger partial charge in [0, 0.05) is 25.3 Å². The Labute approximate surface area is 122 Å². The summed E-state index contributed by atoms with van der Waals surface area (Å²) < 4.78 is 10.6. The van der Waals surface area contributed by atoms with Crippen LogP contribution in [0.2, 0.25) is 0 Å². The molecule has 0 unspecified atom stereocenters. The summed E-state index contributed by atoms with van der Waals surface area (Å²) in [7, 11) is 0. The molecule has 1 saturated heterocycles. The quantitative estimate of drug-likeness (QED) is 0.934.